The molecule has 4 nitrogen and oxygen atoms in total. The van der Waals surface area contributed by atoms with Crippen molar-refractivity contribution in [3.05, 3.63) is 0 Å². The second-order valence-corrected chi connectivity index (χ2v) is 8.15. The monoisotopic (exact) mass is 275 g/mol. The molecule has 0 aromatic carbocycles. The molecule has 106 valence electrons. The maximum atomic E-state index is 11.3. The van der Waals surface area contributed by atoms with Crippen molar-refractivity contribution in [1.82, 2.24) is 4.90 Å². The second-order valence-electron chi connectivity index (χ2n) is 5.89. The zero-order valence-electron chi connectivity index (χ0n) is 11.2. The van der Waals surface area contributed by atoms with Crippen LogP contribution in [0.5, 0.6) is 0 Å². The highest BCUT2D eigenvalue weighted by atomic mass is 32.2. The summed E-state index contributed by atoms with van der Waals surface area (Å²) in [4.78, 5) is 2.31. The van der Waals surface area contributed by atoms with Crippen LogP contribution in [0.1, 0.15) is 38.5 Å². The number of sulfone groups is 1. The molecule has 1 saturated heterocycles. The number of piperidine rings is 1. The van der Waals surface area contributed by atoms with Crippen molar-refractivity contribution in [2.24, 2.45) is 5.92 Å². The van der Waals surface area contributed by atoms with Crippen molar-refractivity contribution in [3.63, 3.8) is 0 Å². The molecule has 0 amide bonds. The molecule has 0 aromatic rings. The highest BCUT2D eigenvalue weighted by Crippen LogP contribution is 2.35. The van der Waals surface area contributed by atoms with Gasteiger partial charge in [0, 0.05) is 24.8 Å². The SMILES string of the molecule is CS(=O)(=O)CCN1CCCCC1C1CCCC1O. The van der Waals surface area contributed by atoms with Crippen LogP contribution in [0.15, 0.2) is 0 Å². The predicted molar refractivity (Wildman–Crippen MR) is 72.3 cm³/mol. The highest BCUT2D eigenvalue weighted by molar-refractivity contribution is 7.90. The van der Waals surface area contributed by atoms with Crippen LogP contribution in [0.2, 0.25) is 0 Å². The Morgan fingerprint density at radius 1 is 1.17 bits per heavy atom. The standard InChI is InChI=1S/C13H25NO3S/c1-18(16,17)10-9-14-8-3-2-6-12(14)11-5-4-7-13(11)15/h11-13,15H,2-10H2,1H3. The van der Waals surface area contributed by atoms with Gasteiger partial charge in [0.05, 0.1) is 11.9 Å². The fraction of sp³-hybridized carbons (Fsp3) is 1.00. The lowest BCUT2D eigenvalue weighted by atomic mass is 9.88. The number of hydrogen-bond donors (Lipinski definition) is 1. The van der Waals surface area contributed by atoms with Crippen LogP contribution >= 0.6 is 0 Å². The maximum Gasteiger partial charge on any atom is 0.148 e. The summed E-state index contributed by atoms with van der Waals surface area (Å²) in [6.45, 7) is 1.62. The van der Waals surface area contributed by atoms with Crippen molar-refractivity contribution >= 4 is 9.84 Å². The summed E-state index contributed by atoms with van der Waals surface area (Å²) >= 11 is 0. The van der Waals surface area contributed by atoms with E-state index in [0.717, 1.165) is 38.6 Å². The molecule has 0 bridgehead atoms. The largest absolute Gasteiger partial charge is 0.393 e. The van der Waals surface area contributed by atoms with Gasteiger partial charge < -0.3 is 5.11 Å². The van der Waals surface area contributed by atoms with Gasteiger partial charge in [-0.1, -0.05) is 12.8 Å². The molecule has 0 radical (unpaired) electrons. The summed E-state index contributed by atoms with van der Waals surface area (Å²) in [7, 11) is -2.89. The first-order chi connectivity index (χ1) is 8.47. The van der Waals surface area contributed by atoms with E-state index in [-0.39, 0.29) is 11.9 Å². The highest BCUT2D eigenvalue weighted by Gasteiger charge is 2.36. The number of aliphatic hydroxyl groups excluding tert-OH is 1. The van der Waals surface area contributed by atoms with Crippen LogP contribution in [-0.4, -0.2) is 55.7 Å². The summed E-state index contributed by atoms with van der Waals surface area (Å²) in [6.07, 6.45) is 7.74. The molecule has 3 unspecified atom stereocenters. The third kappa shape index (κ3) is 3.68. The Kier molecular flexibility index (Phi) is 4.67. The molecule has 18 heavy (non-hydrogen) atoms. The van der Waals surface area contributed by atoms with Crippen molar-refractivity contribution in [2.75, 3.05) is 25.1 Å². The van der Waals surface area contributed by atoms with Gasteiger partial charge in [-0.2, -0.15) is 0 Å². The van der Waals surface area contributed by atoms with E-state index >= 15 is 0 Å². The van der Waals surface area contributed by atoms with E-state index in [2.05, 4.69) is 4.90 Å². The molecule has 3 atom stereocenters. The number of aliphatic hydroxyl groups is 1. The average Bonchev–Trinajstić information content (AvgIpc) is 2.72. The van der Waals surface area contributed by atoms with E-state index in [9.17, 15) is 13.5 Å². The first-order valence-corrected chi connectivity index (χ1v) is 9.13. The molecule has 1 aliphatic heterocycles. The molecule has 2 rings (SSSR count). The minimum atomic E-state index is -2.89. The summed E-state index contributed by atoms with van der Waals surface area (Å²) in [5.74, 6) is 0.608. The van der Waals surface area contributed by atoms with E-state index in [1.807, 2.05) is 0 Å². The molecule has 5 heteroatoms. The fourth-order valence-electron chi connectivity index (χ4n) is 3.48. The van der Waals surface area contributed by atoms with Gasteiger partial charge >= 0.3 is 0 Å². The van der Waals surface area contributed by atoms with Crippen LogP contribution in [0.4, 0.5) is 0 Å². The minimum absolute atomic E-state index is 0.172. The van der Waals surface area contributed by atoms with Crippen LogP contribution < -0.4 is 0 Å². The van der Waals surface area contributed by atoms with Gasteiger partial charge in [-0.3, -0.25) is 4.90 Å². The Balaban J connectivity index is 1.97. The summed E-state index contributed by atoms with van der Waals surface area (Å²) in [6, 6.07) is 0.401. The first kappa shape index (κ1) is 14.3. The zero-order chi connectivity index (χ0) is 13.2. The maximum absolute atomic E-state index is 11.3. The lowest BCUT2D eigenvalue weighted by Gasteiger charge is -2.40. The second kappa shape index (κ2) is 5.88. The van der Waals surface area contributed by atoms with Crippen LogP contribution in [0.25, 0.3) is 0 Å². The Hall–Kier alpha value is -0.130. The lowest BCUT2D eigenvalue weighted by Crippen LogP contribution is -2.47. The topological polar surface area (TPSA) is 57.6 Å². The van der Waals surface area contributed by atoms with E-state index in [1.165, 1.54) is 12.7 Å². The normalized spacial score (nSPS) is 34.9. The smallest absolute Gasteiger partial charge is 0.148 e. The van der Waals surface area contributed by atoms with Crippen LogP contribution in [-0.2, 0) is 9.84 Å². The Morgan fingerprint density at radius 2 is 1.94 bits per heavy atom. The van der Waals surface area contributed by atoms with E-state index < -0.39 is 9.84 Å². The van der Waals surface area contributed by atoms with Gasteiger partial charge in [-0.05, 0) is 32.2 Å². The summed E-state index contributed by atoms with van der Waals surface area (Å²) in [5, 5.41) is 10.0. The molecule has 1 N–H and O–H groups in total. The van der Waals surface area contributed by atoms with Gasteiger partial charge in [0.15, 0.2) is 0 Å². The molecular weight excluding hydrogens is 250 g/mol. The molecule has 1 aliphatic carbocycles. The van der Waals surface area contributed by atoms with E-state index in [4.69, 9.17) is 0 Å². The van der Waals surface area contributed by atoms with Gasteiger partial charge in [0.25, 0.3) is 0 Å². The molecule has 2 fully saturated rings. The van der Waals surface area contributed by atoms with Gasteiger partial charge in [0.2, 0.25) is 0 Å². The number of rotatable bonds is 4. The molecular formula is C13H25NO3S. The van der Waals surface area contributed by atoms with Gasteiger partial charge in [0.1, 0.15) is 9.84 Å². The number of likely N-dealkylation sites (tertiary alicyclic amines) is 1. The van der Waals surface area contributed by atoms with E-state index in [0.29, 0.717) is 18.5 Å². The van der Waals surface area contributed by atoms with Crippen molar-refractivity contribution < 1.29 is 13.5 Å². The molecule has 0 aromatic heterocycles. The zero-order valence-corrected chi connectivity index (χ0v) is 12.0. The average molecular weight is 275 g/mol. The molecule has 0 spiro atoms. The fourth-order valence-corrected chi connectivity index (χ4v) is 4.05. The van der Waals surface area contributed by atoms with E-state index in [1.54, 1.807) is 0 Å². The molecule has 2 aliphatic rings. The Bertz CT molecular complexity index is 368. The van der Waals surface area contributed by atoms with Crippen molar-refractivity contribution in [1.29, 1.82) is 0 Å². The Labute approximate surface area is 110 Å². The lowest BCUT2D eigenvalue weighted by molar-refractivity contribution is 0.0388. The third-order valence-electron chi connectivity index (χ3n) is 4.44. The van der Waals surface area contributed by atoms with Gasteiger partial charge in [-0.15, -0.1) is 0 Å². The molecule has 1 heterocycles. The first-order valence-electron chi connectivity index (χ1n) is 7.07. The van der Waals surface area contributed by atoms with Crippen molar-refractivity contribution in [3.8, 4) is 0 Å². The minimum Gasteiger partial charge on any atom is -0.393 e. The summed E-state index contributed by atoms with van der Waals surface area (Å²) < 4.78 is 22.6. The molecule has 1 saturated carbocycles. The van der Waals surface area contributed by atoms with Gasteiger partial charge in [-0.25, -0.2) is 8.42 Å². The summed E-state index contributed by atoms with van der Waals surface area (Å²) in [5.41, 5.74) is 0. The number of nitrogens with zero attached hydrogens (tertiary/aromatic N) is 1. The van der Waals surface area contributed by atoms with Crippen LogP contribution in [0.3, 0.4) is 0 Å². The van der Waals surface area contributed by atoms with Crippen LogP contribution in [0, 0.1) is 5.92 Å². The Morgan fingerprint density at radius 3 is 2.56 bits per heavy atom. The number of hydrogen-bond acceptors (Lipinski definition) is 4. The predicted octanol–water partition coefficient (Wildman–Crippen LogP) is 1.05. The van der Waals surface area contributed by atoms with Crippen molar-refractivity contribution in [2.45, 2.75) is 50.7 Å². The quantitative estimate of drug-likeness (QED) is 0.833. The third-order valence-corrected chi connectivity index (χ3v) is 5.36.